The zero-order valence-electron chi connectivity index (χ0n) is 17.1. The summed E-state index contributed by atoms with van der Waals surface area (Å²) in [5, 5.41) is 12.3. The Morgan fingerprint density at radius 2 is 1.93 bits per heavy atom. The number of anilines is 2. The summed E-state index contributed by atoms with van der Waals surface area (Å²) < 4.78 is 1.20. The molecule has 7 heteroatoms. The number of nitrogens with zero attached hydrogens (tertiary/aromatic N) is 2. The van der Waals surface area contributed by atoms with E-state index in [1.165, 1.54) is 21.8 Å². The largest absolute Gasteiger partial charge is 0.342 e. The Balaban J connectivity index is 1.64. The van der Waals surface area contributed by atoms with Gasteiger partial charge in [0.15, 0.2) is 0 Å². The van der Waals surface area contributed by atoms with E-state index in [1.54, 1.807) is 17.8 Å². The molecule has 0 unspecified atom stereocenters. The molecule has 154 valence electrons. The zero-order chi connectivity index (χ0) is 21.5. The average Bonchev–Trinajstić information content (AvgIpc) is 2.74. The number of aromatic nitrogens is 2. The van der Waals surface area contributed by atoms with Crippen molar-refractivity contribution in [1.29, 1.82) is 5.26 Å². The molecule has 0 spiro atoms. The van der Waals surface area contributed by atoms with Gasteiger partial charge in [-0.1, -0.05) is 31.2 Å². The topological polar surface area (TPSA) is 90.7 Å². The molecule has 1 heterocycles. The highest BCUT2D eigenvalue weighted by Crippen LogP contribution is 2.19. The minimum atomic E-state index is -0.439. The average molecular weight is 421 g/mol. The summed E-state index contributed by atoms with van der Waals surface area (Å²) in [5.41, 5.74) is 4.07. The van der Waals surface area contributed by atoms with E-state index >= 15 is 0 Å². The van der Waals surface area contributed by atoms with Crippen LogP contribution in [0.3, 0.4) is 0 Å². The molecule has 0 radical (unpaired) electrons. The number of aromatic amines is 1. The second-order valence-corrected chi connectivity index (χ2v) is 8.02. The Morgan fingerprint density at radius 3 is 2.67 bits per heavy atom. The molecule has 1 aromatic heterocycles. The molecule has 0 fully saturated rings. The van der Waals surface area contributed by atoms with Crippen molar-refractivity contribution in [3.05, 3.63) is 91.6 Å². The number of hydrogen-bond acceptors (Lipinski definition) is 5. The van der Waals surface area contributed by atoms with Crippen LogP contribution in [-0.4, -0.2) is 15.3 Å². The van der Waals surface area contributed by atoms with E-state index in [0.29, 0.717) is 29.4 Å². The number of benzene rings is 2. The lowest BCUT2D eigenvalue weighted by Gasteiger charge is -2.11. The SMILES string of the molecule is CCc1cc(Nc2cc(=O)n(CCSCc3ccccc3C#N)c(=O)[nH]2)ccc1C. The van der Waals surface area contributed by atoms with Crippen LogP contribution in [0.2, 0.25) is 0 Å². The van der Waals surface area contributed by atoms with Crippen LogP contribution in [0.25, 0.3) is 0 Å². The first kappa shape index (κ1) is 21.5. The molecule has 2 aromatic carbocycles. The third-order valence-electron chi connectivity index (χ3n) is 4.88. The predicted molar refractivity (Wildman–Crippen MR) is 122 cm³/mol. The van der Waals surface area contributed by atoms with Crippen LogP contribution in [0.1, 0.15) is 29.2 Å². The molecular formula is C23H24N4O2S. The number of rotatable bonds is 8. The molecule has 0 aliphatic rings. The molecule has 3 aromatic rings. The van der Waals surface area contributed by atoms with Gasteiger partial charge < -0.3 is 5.32 Å². The second kappa shape index (κ2) is 9.99. The Kier molecular flexibility index (Phi) is 7.15. The normalized spacial score (nSPS) is 10.6. The predicted octanol–water partition coefficient (Wildman–Crippen LogP) is 3.96. The summed E-state index contributed by atoms with van der Waals surface area (Å²) in [6.07, 6.45) is 0.913. The van der Waals surface area contributed by atoms with Crippen molar-refractivity contribution in [2.75, 3.05) is 11.1 Å². The van der Waals surface area contributed by atoms with Crippen LogP contribution in [-0.2, 0) is 18.7 Å². The number of nitrogens with one attached hydrogen (secondary N) is 2. The van der Waals surface area contributed by atoms with Gasteiger partial charge in [0, 0.05) is 29.8 Å². The maximum atomic E-state index is 12.4. The van der Waals surface area contributed by atoms with E-state index in [9.17, 15) is 9.59 Å². The molecule has 0 aliphatic carbocycles. The van der Waals surface area contributed by atoms with Gasteiger partial charge in [-0.25, -0.2) is 4.79 Å². The molecule has 0 saturated carbocycles. The number of hydrogen-bond donors (Lipinski definition) is 2. The molecule has 0 atom stereocenters. The molecular weight excluding hydrogens is 396 g/mol. The minimum Gasteiger partial charge on any atom is -0.342 e. The fourth-order valence-electron chi connectivity index (χ4n) is 3.18. The summed E-state index contributed by atoms with van der Waals surface area (Å²) in [6, 6.07) is 17.0. The van der Waals surface area contributed by atoms with E-state index in [2.05, 4.69) is 30.2 Å². The van der Waals surface area contributed by atoms with Crippen LogP contribution in [0.5, 0.6) is 0 Å². The maximum Gasteiger partial charge on any atom is 0.329 e. The van der Waals surface area contributed by atoms with E-state index in [-0.39, 0.29) is 5.56 Å². The van der Waals surface area contributed by atoms with Crippen LogP contribution in [0.15, 0.2) is 58.1 Å². The third-order valence-corrected chi connectivity index (χ3v) is 5.87. The quantitative estimate of drug-likeness (QED) is 0.539. The van der Waals surface area contributed by atoms with Gasteiger partial charge in [0.05, 0.1) is 11.6 Å². The van der Waals surface area contributed by atoms with Crippen molar-refractivity contribution >= 4 is 23.3 Å². The highest BCUT2D eigenvalue weighted by molar-refractivity contribution is 7.98. The Labute approximate surface area is 179 Å². The molecule has 0 saturated heterocycles. The summed E-state index contributed by atoms with van der Waals surface area (Å²) >= 11 is 1.58. The summed E-state index contributed by atoms with van der Waals surface area (Å²) in [7, 11) is 0. The first-order valence-electron chi connectivity index (χ1n) is 9.78. The van der Waals surface area contributed by atoms with E-state index in [0.717, 1.165) is 17.7 Å². The Hall–Kier alpha value is -3.24. The lowest BCUT2D eigenvalue weighted by molar-refractivity contribution is 0.681. The monoisotopic (exact) mass is 420 g/mol. The molecule has 3 rings (SSSR count). The van der Waals surface area contributed by atoms with Crippen LogP contribution in [0.4, 0.5) is 11.5 Å². The number of H-pyrrole nitrogens is 1. The van der Waals surface area contributed by atoms with Crippen molar-refractivity contribution < 1.29 is 0 Å². The molecule has 6 nitrogen and oxygen atoms in total. The minimum absolute atomic E-state index is 0.304. The van der Waals surface area contributed by atoms with Crippen molar-refractivity contribution in [3.8, 4) is 6.07 Å². The van der Waals surface area contributed by atoms with Crippen LogP contribution >= 0.6 is 11.8 Å². The summed E-state index contributed by atoms with van der Waals surface area (Å²) in [4.78, 5) is 27.6. The summed E-state index contributed by atoms with van der Waals surface area (Å²) in [6.45, 7) is 4.45. The fraction of sp³-hybridized carbons (Fsp3) is 0.261. The van der Waals surface area contributed by atoms with Gasteiger partial charge in [0.25, 0.3) is 5.56 Å². The van der Waals surface area contributed by atoms with Crippen molar-refractivity contribution in [2.24, 2.45) is 0 Å². The first-order valence-corrected chi connectivity index (χ1v) is 10.9. The molecule has 0 bridgehead atoms. The fourth-order valence-corrected chi connectivity index (χ4v) is 4.11. The maximum absolute atomic E-state index is 12.4. The van der Waals surface area contributed by atoms with Crippen molar-refractivity contribution in [1.82, 2.24) is 9.55 Å². The summed E-state index contributed by atoms with van der Waals surface area (Å²) in [5.74, 6) is 1.62. The molecule has 30 heavy (non-hydrogen) atoms. The van der Waals surface area contributed by atoms with Gasteiger partial charge in [0.1, 0.15) is 5.82 Å². The zero-order valence-corrected chi connectivity index (χ0v) is 17.9. The van der Waals surface area contributed by atoms with Gasteiger partial charge in [-0.15, -0.1) is 0 Å². The highest BCUT2D eigenvalue weighted by atomic mass is 32.2. The lowest BCUT2D eigenvalue weighted by atomic mass is 10.1. The number of nitriles is 1. The first-order chi connectivity index (χ1) is 14.5. The molecule has 2 N–H and O–H groups in total. The molecule has 0 amide bonds. The van der Waals surface area contributed by atoms with Gasteiger partial charge >= 0.3 is 5.69 Å². The second-order valence-electron chi connectivity index (χ2n) is 6.92. The smallest absolute Gasteiger partial charge is 0.329 e. The Morgan fingerprint density at radius 1 is 1.13 bits per heavy atom. The van der Waals surface area contributed by atoms with Crippen LogP contribution < -0.4 is 16.6 Å². The Bertz CT molecular complexity index is 1160. The number of aryl methyl sites for hydroxylation is 2. The van der Waals surface area contributed by atoms with E-state index in [4.69, 9.17) is 5.26 Å². The van der Waals surface area contributed by atoms with Gasteiger partial charge in [0.2, 0.25) is 0 Å². The van der Waals surface area contributed by atoms with E-state index in [1.807, 2.05) is 36.4 Å². The van der Waals surface area contributed by atoms with Crippen molar-refractivity contribution in [3.63, 3.8) is 0 Å². The third kappa shape index (κ3) is 5.22. The highest BCUT2D eigenvalue weighted by Gasteiger charge is 2.07. The van der Waals surface area contributed by atoms with Crippen LogP contribution in [0, 0.1) is 18.3 Å². The molecule has 0 aliphatic heterocycles. The van der Waals surface area contributed by atoms with Gasteiger partial charge in [-0.05, 0) is 48.2 Å². The lowest BCUT2D eigenvalue weighted by Crippen LogP contribution is -2.35. The standard InChI is InChI=1S/C23H24N4O2S/c1-3-17-12-20(9-8-16(17)2)25-21-13-22(28)27(23(29)26-21)10-11-30-15-19-7-5-4-6-18(19)14-24/h4-9,12-13,25H,3,10-11,15H2,1-2H3,(H,26,29). The van der Waals surface area contributed by atoms with E-state index < -0.39 is 5.69 Å². The number of thioether (sulfide) groups is 1. The van der Waals surface area contributed by atoms with Gasteiger partial charge in [-0.3, -0.25) is 14.3 Å². The van der Waals surface area contributed by atoms with Crippen molar-refractivity contribution in [2.45, 2.75) is 32.6 Å². The van der Waals surface area contributed by atoms with Gasteiger partial charge in [-0.2, -0.15) is 17.0 Å².